The van der Waals surface area contributed by atoms with Crippen LogP contribution in [0.25, 0.3) is 6.08 Å². The summed E-state index contributed by atoms with van der Waals surface area (Å²) < 4.78 is 24.5. The van der Waals surface area contributed by atoms with E-state index in [1.54, 1.807) is 36.4 Å². The van der Waals surface area contributed by atoms with Gasteiger partial charge < -0.3 is 9.47 Å². The second-order valence-corrected chi connectivity index (χ2v) is 8.37. The summed E-state index contributed by atoms with van der Waals surface area (Å²) >= 11 is 0. The number of hydrogen-bond donors (Lipinski definition) is 0. The highest BCUT2D eigenvalue weighted by molar-refractivity contribution is 6.14. The van der Waals surface area contributed by atoms with Gasteiger partial charge in [0.1, 0.15) is 17.3 Å². The molecule has 0 radical (unpaired) electrons. The van der Waals surface area contributed by atoms with Crippen molar-refractivity contribution < 1.29 is 23.5 Å². The molecule has 0 atom stereocenters. The predicted molar refractivity (Wildman–Crippen MR) is 116 cm³/mol. The average molecular weight is 416 g/mol. The van der Waals surface area contributed by atoms with Crippen LogP contribution in [0.4, 0.5) is 4.39 Å². The van der Waals surface area contributed by atoms with E-state index in [1.807, 2.05) is 12.1 Å². The zero-order valence-electron chi connectivity index (χ0n) is 17.4. The molecule has 0 fully saturated rings. The first kappa shape index (κ1) is 20.5. The van der Waals surface area contributed by atoms with Crippen LogP contribution >= 0.6 is 0 Å². The van der Waals surface area contributed by atoms with Crippen LogP contribution < -0.4 is 9.47 Å². The summed E-state index contributed by atoms with van der Waals surface area (Å²) in [4.78, 5) is 25.1. The number of esters is 1. The highest BCUT2D eigenvalue weighted by atomic mass is 19.1. The topological polar surface area (TPSA) is 52.6 Å². The molecule has 0 aromatic heterocycles. The zero-order chi connectivity index (χ0) is 22.2. The van der Waals surface area contributed by atoms with Gasteiger partial charge in [0, 0.05) is 6.07 Å². The lowest BCUT2D eigenvalue weighted by Gasteiger charge is -2.18. The normalized spacial score (nSPS) is 14.3. The Morgan fingerprint density at radius 2 is 1.74 bits per heavy atom. The first-order chi connectivity index (χ1) is 14.7. The van der Waals surface area contributed by atoms with Crippen molar-refractivity contribution in [1.82, 2.24) is 0 Å². The van der Waals surface area contributed by atoms with Gasteiger partial charge in [0.05, 0.1) is 11.1 Å². The molecule has 31 heavy (non-hydrogen) atoms. The highest BCUT2D eigenvalue weighted by Gasteiger charge is 2.28. The molecule has 0 spiro atoms. The standard InChI is InChI=1S/C26H21FO4/c1-26(2,3)18-9-7-17(8-10-18)25(29)30-20-11-12-21-22(15-20)31-23(24(21)28)14-16-5-4-6-19(27)13-16/h4-15H,1-3H3. The fraction of sp³-hybridized carbons (Fsp3) is 0.154. The molecule has 0 saturated heterocycles. The van der Waals surface area contributed by atoms with Crippen molar-refractivity contribution >= 4 is 17.8 Å². The van der Waals surface area contributed by atoms with Crippen LogP contribution in [0.5, 0.6) is 11.5 Å². The van der Waals surface area contributed by atoms with Crippen molar-refractivity contribution in [1.29, 1.82) is 0 Å². The first-order valence-corrected chi connectivity index (χ1v) is 9.87. The number of ketones is 1. The molecule has 3 aromatic rings. The summed E-state index contributed by atoms with van der Waals surface area (Å²) in [5.41, 5.74) is 2.41. The number of benzene rings is 3. The fourth-order valence-corrected chi connectivity index (χ4v) is 3.25. The van der Waals surface area contributed by atoms with E-state index in [-0.39, 0.29) is 22.7 Å². The van der Waals surface area contributed by atoms with Gasteiger partial charge in [-0.2, -0.15) is 0 Å². The average Bonchev–Trinajstić information content (AvgIpc) is 3.02. The summed E-state index contributed by atoms with van der Waals surface area (Å²) in [6.45, 7) is 6.30. The van der Waals surface area contributed by atoms with Gasteiger partial charge in [-0.05, 0) is 59.0 Å². The van der Waals surface area contributed by atoms with Gasteiger partial charge in [-0.1, -0.05) is 45.0 Å². The Morgan fingerprint density at radius 1 is 1.00 bits per heavy atom. The van der Waals surface area contributed by atoms with Gasteiger partial charge in [0.15, 0.2) is 5.76 Å². The van der Waals surface area contributed by atoms with Gasteiger partial charge in [0.2, 0.25) is 5.78 Å². The van der Waals surface area contributed by atoms with Crippen LogP contribution in [-0.2, 0) is 5.41 Å². The van der Waals surface area contributed by atoms with Gasteiger partial charge in [-0.3, -0.25) is 4.79 Å². The molecule has 0 bridgehead atoms. The summed E-state index contributed by atoms with van der Waals surface area (Å²) in [6, 6.07) is 17.7. The molecule has 0 N–H and O–H groups in total. The van der Waals surface area contributed by atoms with Crippen molar-refractivity contribution in [2.45, 2.75) is 26.2 Å². The van der Waals surface area contributed by atoms with Gasteiger partial charge in [0.25, 0.3) is 0 Å². The van der Waals surface area contributed by atoms with Crippen molar-refractivity contribution in [3.8, 4) is 11.5 Å². The molecule has 4 nitrogen and oxygen atoms in total. The molecule has 5 heteroatoms. The maximum Gasteiger partial charge on any atom is 0.343 e. The monoisotopic (exact) mass is 416 g/mol. The number of allylic oxidation sites excluding steroid dienone is 1. The summed E-state index contributed by atoms with van der Waals surface area (Å²) in [5, 5.41) is 0. The van der Waals surface area contributed by atoms with Gasteiger partial charge in [-0.25, -0.2) is 9.18 Å². The lowest BCUT2D eigenvalue weighted by atomic mass is 9.87. The maximum atomic E-state index is 13.4. The maximum absolute atomic E-state index is 13.4. The second-order valence-electron chi connectivity index (χ2n) is 8.37. The van der Waals surface area contributed by atoms with E-state index in [0.717, 1.165) is 5.56 Å². The number of carbonyl (C=O) groups is 2. The minimum atomic E-state index is -0.500. The zero-order valence-corrected chi connectivity index (χ0v) is 17.4. The van der Waals surface area contributed by atoms with Crippen molar-refractivity contribution in [3.63, 3.8) is 0 Å². The van der Waals surface area contributed by atoms with Crippen LogP contribution in [0.15, 0.2) is 72.5 Å². The van der Waals surface area contributed by atoms with Crippen molar-refractivity contribution in [2.24, 2.45) is 0 Å². The summed E-state index contributed by atoms with van der Waals surface area (Å²) in [5.74, 6) is -0.566. The number of carbonyl (C=O) groups excluding carboxylic acids is 2. The smallest absolute Gasteiger partial charge is 0.343 e. The molecule has 0 amide bonds. The third kappa shape index (κ3) is 4.40. The molecule has 0 aliphatic carbocycles. The molecule has 0 saturated carbocycles. The predicted octanol–water partition coefficient (Wildman–Crippen LogP) is 5.96. The Hall–Kier alpha value is -3.73. The second kappa shape index (κ2) is 7.84. The third-order valence-corrected chi connectivity index (χ3v) is 4.99. The molecule has 1 heterocycles. The third-order valence-electron chi connectivity index (χ3n) is 4.99. The molecule has 0 unspecified atom stereocenters. The Bertz CT molecular complexity index is 1200. The lowest BCUT2D eigenvalue weighted by molar-refractivity contribution is 0.0734. The minimum absolute atomic E-state index is 0.0109. The minimum Gasteiger partial charge on any atom is -0.452 e. The summed E-state index contributed by atoms with van der Waals surface area (Å²) in [6.07, 6.45) is 1.48. The van der Waals surface area contributed by atoms with Crippen LogP contribution in [0.2, 0.25) is 0 Å². The van der Waals surface area contributed by atoms with Gasteiger partial charge >= 0.3 is 5.97 Å². The number of rotatable bonds is 3. The number of Topliss-reactive ketones (excluding diaryl/α,β-unsaturated/α-hetero) is 1. The molecule has 3 aromatic carbocycles. The number of fused-ring (bicyclic) bond motifs is 1. The fourth-order valence-electron chi connectivity index (χ4n) is 3.25. The van der Waals surface area contributed by atoms with Crippen molar-refractivity contribution in [3.05, 3.63) is 101 Å². The Balaban J connectivity index is 1.51. The van der Waals surface area contributed by atoms with E-state index in [0.29, 0.717) is 22.4 Å². The van der Waals surface area contributed by atoms with E-state index in [1.165, 1.54) is 24.3 Å². The summed E-state index contributed by atoms with van der Waals surface area (Å²) in [7, 11) is 0. The van der Waals surface area contributed by atoms with E-state index in [4.69, 9.17) is 9.47 Å². The van der Waals surface area contributed by atoms with Crippen molar-refractivity contribution in [2.75, 3.05) is 0 Å². The van der Waals surface area contributed by atoms with Crippen LogP contribution in [-0.4, -0.2) is 11.8 Å². The molecular weight excluding hydrogens is 395 g/mol. The number of hydrogen-bond acceptors (Lipinski definition) is 4. The molecule has 4 rings (SSSR count). The molecular formula is C26H21FO4. The Morgan fingerprint density at radius 3 is 2.42 bits per heavy atom. The molecule has 1 aliphatic rings. The number of ether oxygens (including phenoxy) is 2. The Kier molecular flexibility index (Phi) is 5.19. The molecule has 1 aliphatic heterocycles. The van der Waals surface area contributed by atoms with Crippen LogP contribution in [0.1, 0.15) is 52.6 Å². The number of halogens is 1. The lowest BCUT2D eigenvalue weighted by Crippen LogP contribution is -2.12. The SMILES string of the molecule is CC(C)(C)c1ccc(C(=O)Oc2ccc3c(c2)OC(=Cc2cccc(F)c2)C3=O)cc1. The van der Waals surface area contributed by atoms with Gasteiger partial charge in [-0.15, -0.1) is 0 Å². The Labute approximate surface area is 179 Å². The van der Waals surface area contributed by atoms with Crippen LogP contribution in [0, 0.1) is 5.82 Å². The highest BCUT2D eigenvalue weighted by Crippen LogP contribution is 2.35. The van der Waals surface area contributed by atoms with E-state index >= 15 is 0 Å². The van der Waals surface area contributed by atoms with E-state index in [9.17, 15) is 14.0 Å². The first-order valence-electron chi connectivity index (χ1n) is 9.87. The molecule has 156 valence electrons. The quantitative estimate of drug-likeness (QED) is 0.300. The van der Waals surface area contributed by atoms with Crippen LogP contribution in [0.3, 0.4) is 0 Å². The van der Waals surface area contributed by atoms with E-state index in [2.05, 4.69) is 20.8 Å². The van der Waals surface area contributed by atoms with E-state index < -0.39 is 11.8 Å². The largest absolute Gasteiger partial charge is 0.452 e.